The number of aryl methyl sites for hydroxylation is 1. The molecule has 3 aliphatic rings. The van der Waals surface area contributed by atoms with Crippen molar-refractivity contribution in [2.24, 2.45) is 0 Å². The summed E-state index contributed by atoms with van der Waals surface area (Å²) in [5, 5.41) is 10.2. The molecule has 1 aliphatic carbocycles. The monoisotopic (exact) mass is 674 g/mol. The van der Waals surface area contributed by atoms with Gasteiger partial charge in [-0.05, 0) is 31.2 Å². The summed E-state index contributed by atoms with van der Waals surface area (Å²) in [4.78, 5) is 77.9. The molecule has 5 rings (SSSR count). The van der Waals surface area contributed by atoms with Crippen LogP contribution >= 0.6 is 23.5 Å². The molecule has 1 aromatic carbocycles. The van der Waals surface area contributed by atoms with Crippen LogP contribution in [0.5, 0.6) is 5.75 Å². The Labute approximate surface area is 244 Å². The number of aromatic amines is 1. The van der Waals surface area contributed by atoms with E-state index in [1.807, 2.05) is 4.98 Å². The van der Waals surface area contributed by atoms with E-state index in [0.29, 0.717) is 5.69 Å². The Bertz CT molecular complexity index is 2020. The summed E-state index contributed by atoms with van der Waals surface area (Å²) < 4.78 is 65.0. The Morgan fingerprint density at radius 1 is 1.05 bits per heavy atom. The smallest absolute Gasteiger partial charge is 0.330 e. The Kier molecular flexibility index (Phi) is 8.67. The van der Waals surface area contributed by atoms with Gasteiger partial charge in [0, 0.05) is 30.3 Å². The second-order valence-electron chi connectivity index (χ2n) is 9.28. The summed E-state index contributed by atoms with van der Waals surface area (Å²) >= 11 is 0. The van der Waals surface area contributed by atoms with Crippen LogP contribution < -0.4 is 35.9 Å². The molecule has 44 heavy (non-hydrogen) atoms. The number of fused-ring (bicyclic) bond motifs is 2. The molecular weight excluding hydrogens is 655 g/mol. The molecule has 1 fully saturated rings. The van der Waals surface area contributed by atoms with E-state index in [9.17, 15) is 47.9 Å². The van der Waals surface area contributed by atoms with Crippen molar-refractivity contribution in [1.29, 1.82) is 0 Å². The summed E-state index contributed by atoms with van der Waals surface area (Å²) in [7, 11) is -17.9. The van der Waals surface area contributed by atoms with Gasteiger partial charge in [0.05, 0.1) is 12.7 Å². The third kappa shape index (κ3) is 7.48. The highest BCUT2D eigenvalue weighted by Gasteiger charge is 2.37. The zero-order valence-electron chi connectivity index (χ0n) is 22.0. The van der Waals surface area contributed by atoms with E-state index in [1.165, 1.54) is 25.1 Å². The molecular formula is C22H19N3O16P3-3. The normalized spacial score (nSPS) is 22.8. The van der Waals surface area contributed by atoms with Gasteiger partial charge in [-0.3, -0.25) is 32.8 Å². The fraction of sp³-hybridized carbons (Fsp3) is 0.273. The first-order chi connectivity index (χ1) is 20.5. The van der Waals surface area contributed by atoms with Gasteiger partial charge in [0.1, 0.15) is 29.3 Å². The molecule has 1 saturated heterocycles. The van der Waals surface area contributed by atoms with Gasteiger partial charge >= 0.3 is 13.5 Å². The quantitative estimate of drug-likeness (QED) is 0.160. The van der Waals surface area contributed by atoms with E-state index < -0.39 is 65.5 Å². The average Bonchev–Trinajstić information content (AvgIpc) is 3.26. The lowest BCUT2D eigenvalue weighted by molar-refractivity contribution is -0.249. The molecule has 0 spiro atoms. The SMILES string of the molecule is Cc1cn([C@@H]2CC(O)[C@H](COP(=O)([O-])OP(=O)([O-])OP(=O)([O-])Oc3ccc4nc5ccc(=O)cc-5oc4c3)O2)c(=O)[nH]c1=O. The second kappa shape index (κ2) is 11.9. The third-order valence-electron chi connectivity index (χ3n) is 6.00. The summed E-state index contributed by atoms with van der Waals surface area (Å²) in [6, 6.07) is 7.12. The number of rotatable bonds is 10. The number of hydrogen-bond acceptors (Lipinski definition) is 17. The minimum absolute atomic E-state index is 0.0567. The van der Waals surface area contributed by atoms with Crippen molar-refractivity contribution in [2.45, 2.75) is 31.8 Å². The first-order valence-electron chi connectivity index (χ1n) is 12.2. The molecule has 6 atom stereocenters. The number of aliphatic hydroxyl groups is 1. The largest absolute Gasteiger partial charge is 0.756 e. The van der Waals surface area contributed by atoms with Crippen LogP contribution in [-0.2, 0) is 31.6 Å². The molecule has 0 radical (unpaired) electrons. The van der Waals surface area contributed by atoms with Gasteiger partial charge in [0.25, 0.3) is 21.2 Å². The Balaban J connectivity index is 1.21. The minimum Gasteiger partial charge on any atom is -0.756 e. The lowest BCUT2D eigenvalue weighted by Crippen LogP contribution is -2.33. The van der Waals surface area contributed by atoms with Gasteiger partial charge in [-0.2, -0.15) is 0 Å². The topological polar surface area (TPSA) is 285 Å². The highest BCUT2D eigenvalue weighted by Crippen LogP contribution is 2.62. The van der Waals surface area contributed by atoms with Crippen LogP contribution in [0.4, 0.5) is 0 Å². The number of hydrogen-bond donors (Lipinski definition) is 2. The molecule has 2 aromatic rings. The molecule has 2 N–H and O–H groups in total. The zero-order chi connectivity index (χ0) is 32.0. The lowest BCUT2D eigenvalue weighted by atomic mass is 10.2. The van der Waals surface area contributed by atoms with Crippen molar-refractivity contribution in [3.05, 3.63) is 79.2 Å². The van der Waals surface area contributed by atoms with Crippen LogP contribution in [0.1, 0.15) is 18.2 Å². The molecule has 0 saturated carbocycles. The maximum absolute atomic E-state index is 12.3. The van der Waals surface area contributed by atoms with Crippen molar-refractivity contribution in [3.8, 4) is 17.2 Å². The van der Waals surface area contributed by atoms with Crippen molar-refractivity contribution in [2.75, 3.05) is 6.61 Å². The number of nitrogens with one attached hydrogen (secondary N) is 1. The van der Waals surface area contributed by atoms with Gasteiger partial charge in [-0.15, -0.1) is 0 Å². The number of aromatic nitrogens is 3. The number of nitrogens with zero attached hydrogens (tertiary/aromatic N) is 2. The minimum atomic E-state index is -6.22. The summed E-state index contributed by atoms with van der Waals surface area (Å²) in [6.07, 6.45) is -3.05. The Morgan fingerprint density at radius 3 is 2.52 bits per heavy atom. The Hall–Kier alpha value is -3.31. The average molecular weight is 674 g/mol. The van der Waals surface area contributed by atoms with Crippen molar-refractivity contribution in [1.82, 2.24) is 14.5 Å². The van der Waals surface area contributed by atoms with Gasteiger partial charge in [-0.1, -0.05) is 0 Å². The molecule has 1 aromatic heterocycles. The number of H-pyrrole nitrogens is 1. The second-order valence-corrected chi connectivity index (χ2v) is 13.7. The lowest BCUT2D eigenvalue weighted by Gasteiger charge is -2.34. The number of aliphatic hydroxyl groups excluding tert-OH is 1. The molecule has 236 valence electrons. The number of phosphoric acid groups is 3. The van der Waals surface area contributed by atoms with Crippen LogP contribution in [-0.4, -0.2) is 38.5 Å². The van der Waals surface area contributed by atoms with Crippen LogP contribution in [0.15, 0.2) is 61.4 Å². The third-order valence-corrected chi connectivity index (χ3v) is 10.1. The summed E-state index contributed by atoms with van der Waals surface area (Å²) in [6.45, 7) is 0.390. The maximum atomic E-state index is 12.3. The van der Waals surface area contributed by atoms with Crippen LogP contribution in [0.3, 0.4) is 0 Å². The van der Waals surface area contributed by atoms with E-state index >= 15 is 0 Å². The van der Waals surface area contributed by atoms with Crippen molar-refractivity contribution < 1.29 is 60.3 Å². The predicted octanol–water partition coefficient (Wildman–Crippen LogP) is -0.366. The Morgan fingerprint density at radius 2 is 1.77 bits per heavy atom. The molecule has 0 amide bonds. The van der Waals surface area contributed by atoms with Gasteiger partial charge < -0.3 is 38.0 Å². The molecule has 3 heterocycles. The zero-order valence-corrected chi connectivity index (χ0v) is 24.7. The highest BCUT2D eigenvalue weighted by molar-refractivity contribution is 7.65. The molecule has 2 aliphatic heterocycles. The van der Waals surface area contributed by atoms with Crippen molar-refractivity contribution in [3.63, 3.8) is 0 Å². The fourth-order valence-electron chi connectivity index (χ4n) is 4.07. The predicted molar refractivity (Wildman–Crippen MR) is 139 cm³/mol. The van der Waals surface area contributed by atoms with Gasteiger partial charge in [-0.25, -0.2) is 18.4 Å². The van der Waals surface area contributed by atoms with Gasteiger partial charge in [0.15, 0.2) is 16.8 Å². The van der Waals surface area contributed by atoms with E-state index in [-0.39, 0.29) is 34.3 Å². The highest BCUT2D eigenvalue weighted by atomic mass is 31.3. The van der Waals surface area contributed by atoms with Crippen LogP contribution in [0.25, 0.3) is 22.6 Å². The van der Waals surface area contributed by atoms with Crippen LogP contribution in [0, 0.1) is 6.92 Å². The van der Waals surface area contributed by atoms with Crippen molar-refractivity contribution >= 4 is 34.6 Å². The molecule has 4 unspecified atom stereocenters. The maximum Gasteiger partial charge on any atom is 0.330 e. The molecule has 22 heteroatoms. The number of benzene rings is 2. The standard InChI is InChI=1S/C22H22N3O16P3/c1-11-9-25(22(29)24-21(11)28)20-8-16(27)19(38-20)10-36-42(30,31)40-44(34,35)41-43(32,33)39-13-3-5-15-18(7-13)37-17-6-12(26)2-4-14(17)23-15/h2-7,9,16,19-20,27H,8,10H2,1H3,(H,30,31)(H,32,33)(H,34,35)(H,24,28,29)/p-3/t16?,19-,20-/m0/s1. The summed E-state index contributed by atoms with van der Waals surface area (Å²) in [5.74, 6) is -0.460. The number of phosphoric ester groups is 2. The number of ether oxygens (including phenoxy) is 1. The summed E-state index contributed by atoms with van der Waals surface area (Å²) in [5.41, 5.74) is -1.27. The first-order valence-corrected chi connectivity index (χ1v) is 16.6. The van der Waals surface area contributed by atoms with E-state index in [1.54, 1.807) is 0 Å². The van der Waals surface area contributed by atoms with Gasteiger partial charge in [0.2, 0.25) is 0 Å². The van der Waals surface area contributed by atoms with E-state index in [4.69, 9.17) is 9.15 Å². The molecule has 0 bridgehead atoms. The first kappa shape index (κ1) is 32.1. The fourth-order valence-corrected chi connectivity index (χ4v) is 7.44. The van der Waals surface area contributed by atoms with E-state index in [2.05, 4.69) is 22.7 Å². The van der Waals surface area contributed by atoms with E-state index in [0.717, 1.165) is 29.0 Å². The molecule has 19 nitrogen and oxygen atoms in total. The van der Waals surface area contributed by atoms with Crippen LogP contribution in [0.2, 0.25) is 0 Å².